The van der Waals surface area contributed by atoms with Crippen molar-refractivity contribution in [2.24, 2.45) is 0 Å². The van der Waals surface area contributed by atoms with Crippen molar-refractivity contribution in [2.45, 2.75) is 39.0 Å². The van der Waals surface area contributed by atoms with Crippen molar-refractivity contribution >= 4 is 17.4 Å². The third-order valence-corrected chi connectivity index (χ3v) is 6.30. The van der Waals surface area contributed by atoms with E-state index in [4.69, 9.17) is 4.74 Å². The molecule has 1 N–H and O–H groups in total. The molecule has 3 aromatic carbocycles. The first-order chi connectivity index (χ1) is 15.9. The molecule has 2 atom stereocenters. The number of benzene rings is 3. The lowest BCUT2D eigenvalue weighted by atomic mass is 9.94. The van der Waals surface area contributed by atoms with Gasteiger partial charge in [-0.2, -0.15) is 0 Å². The van der Waals surface area contributed by atoms with Crippen LogP contribution >= 0.6 is 0 Å². The fourth-order valence-corrected chi connectivity index (χ4v) is 4.64. The quantitative estimate of drug-likeness (QED) is 0.355. The van der Waals surface area contributed by atoms with Gasteiger partial charge < -0.3 is 14.7 Å². The zero-order chi connectivity index (χ0) is 23.1. The first-order valence-electron chi connectivity index (χ1n) is 11.1. The summed E-state index contributed by atoms with van der Waals surface area (Å²) in [5.41, 5.74) is 4.40. The summed E-state index contributed by atoms with van der Waals surface area (Å²) in [4.78, 5) is 27.9. The Morgan fingerprint density at radius 3 is 2.48 bits per heavy atom. The number of rotatable bonds is 4. The third kappa shape index (κ3) is 3.80. The summed E-state index contributed by atoms with van der Waals surface area (Å²) in [7, 11) is 0. The number of nitrogens with zero attached hydrogens (tertiary/aromatic N) is 1. The summed E-state index contributed by atoms with van der Waals surface area (Å²) < 4.78 is 5.76. The molecular formula is C28H25NO4. The van der Waals surface area contributed by atoms with Gasteiger partial charge in [0.25, 0.3) is 11.7 Å². The van der Waals surface area contributed by atoms with Crippen LogP contribution < -0.4 is 4.74 Å². The van der Waals surface area contributed by atoms with Gasteiger partial charge >= 0.3 is 0 Å². The predicted molar refractivity (Wildman–Crippen MR) is 126 cm³/mol. The van der Waals surface area contributed by atoms with Crippen molar-refractivity contribution in [1.82, 2.24) is 4.90 Å². The highest BCUT2D eigenvalue weighted by molar-refractivity contribution is 6.46. The smallest absolute Gasteiger partial charge is 0.295 e. The summed E-state index contributed by atoms with van der Waals surface area (Å²) in [6.07, 6.45) is 0.807. The van der Waals surface area contributed by atoms with Crippen molar-refractivity contribution in [2.75, 3.05) is 0 Å². The van der Waals surface area contributed by atoms with Crippen LogP contribution in [-0.2, 0) is 22.6 Å². The number of aliphatic hydroxyl groups is 1. The number of likely N-dealkylation sites (tertiary alicyclic amines) is 1. The number of aliphatic hydroxyl groups excluding tert-OH is 1. The molecule has 2 aliphatic rings. The van der Waals surface area contributed by atoms with Crippen molar-refractivity contribution in [3.63, 3.8) is 0 Å². The molecule has 3 aromatic rings. The summed E-state index contributed by atoms with van der Waals surface area (Å²) in [6, 6.07) is 22.0. The van der Waals surface area contributed by atoms with E-state index < -0.39 is 17.7 Å². The molecule has 0 aliphatic carbocycles. The van der Waals surface area contributed by atoms with Crippen LogP contribution in [0.2, 0.25) is 0 Å². The van der Waals surface area contributed by atoms with Crippen molar-refractivity contribution < 1.29 is 19.4 Å². The zero-order valence-electron chi connectivity index (χ0n) is 18.6. The molecule has 1 saturated heterocycles. The lowest BCUT2D eigenvalue weighted by molar-refractivity contribution is -0.140. The SMILES string of the molecule is Cc1ccc([C@@H]2/C(=C(\O)c3ccc4c(c3)C[C@H](C)O4)C(=O)C(=O)N2Cc2ccccc2)cc1. The highest BCUT2D eigenvalue weighted by atomic mass is 16.5. The second-order valence-electron chi connectivity index (χ2n) is 8.78. The Kier molecular flexibility index (Phi) is 5.25. The molecule has 2 heterocycles. The molecule has 5 nitrogen and oxygen atoms in total. The van der Waals surface area contributed by atoms with Gasteiger partial charge in [0.15, 0.2) is 0 Å². The van der Waals surface area contributed by atoms with Crippen molar-refractivity contribution in [3.8, 4) is 5.75 Å². The molecular weight excluding hydrogens is 414 g/mol. The molecule has 166 valence electrons. The van der Waals surface area contributed by atoms with Gasteiger partial charge in [0.05, 0.1) is 11.6 Å². The highest BCUT2D eigenvalue weighted by Crippen LogP contribution is 2.41. The summed E-state index contributed by atoms with van der Waals surface area (Å²) in [6.45, 7) is 4.25. The molecule has 0 bridgehead atoms. The first kappa shape index (κ1) is 21.0. The number of ether oxygens (including phenoxy) is 1. The number of carbonyl (C=O) groups is 2. The lowest BCUT2D eigenvalue weighted by Crippen LogP contribution is -2.29. The summed E-state index contributed by atoms with van der Waals surface area (Å²) >= 11 is 0. The van der Waals surface area contributed by atoms with E-state index >= 15 is 0 Å². The van der Waals surface area contributed by atoms with Gasteiger partial charge in [-0.25, -0.2) is 0 Å². The van der Waals surface area contributed by atoms with Gasteiger partial charge in [-0.05, 0) is 48.7 Å². The average molecular weight is 440 g/mol. The maximum absolute atomic E-state index is 13.2. The van der Waals surface area contributed by atoms with E-state index in [0.717, 1.165) is 34.4 Å². The Balaban J connectivity index is 1.62. The molecule has 0 aromatic heterocycles. The van der Waals surface area contributed by atoms with E-state index in [0.29, 0.717) is 5.56 Å². The van der Waals surface area contributed by atoms with E-state index in [1.165, 1.54) is 0 Å². The van der Waals surface area contributed by atoms with Gasteiger partial charge in [-0.1, -0.05) is 60.2 Å². The first-order valence-corrected chi connectivity index (χ1v) is 11.1. The van der Waals surface area contributed by atoms with E-state index in [2.05, 4.69) is 0 Å². The van der Waals surface area contributed by atoms with Crippen LogP contribution in [0.4, 0.5) is 0 Å². The second-order valence-corrected chi connectivity index (χ2v) is 8.78. The van der Waals surface area contributed by atoms with Gasteiger partial charge in [0.2, 0.25) is 0 Å². The fraction of sp³-hybridized carbons (Fsp3) is 0.214. The Labute approximate surface area is 192 Å². The van der Waals surface area contributed by atoms with Gasteiger partial charge in [0, 0.05) is 18.5 Å². The summed E-state index contributed by atoms with van der Waals surface area (Å²) in [5.74, 6) is -0.640. The molecule has 0 saturated carbocycles. The van der Waals surface area contributed by atoms with Gasteiger partial charge in [-0.3, -0.25) is 9.59 Å². The Hall–Kier alpha value is -3.86. The van der Waals surface area contributed by atoms with Crippen LogP contribution in [0.3, 0.4) is 0 Å². The molecule has 0 spiro atoms. The molecule has 0 unspecified atom stereocenters. The number of aryl methyl sites for hydroxylation is 1. The van der Waals surface area contributed by atoms with Crippen LogP contribution in [0.15, 0.2) is 78.4 Å². The number of ketones is 1. The van der Waals surface area contributed by atoms with Crippen molar-refractivity contribution in [1.29, 1.82) is 0 Å². The van der Waals surface area contributed by atoms with Crippen molar-refractivity contribution in [3.05, 3.63) is 106 Å². The maximum Gasteiger partial charge on any atom is 0.295 e. The van der Waals surface area contributed by atoms with Gasteiger partial charge in [0.1, 0.15) is 17.6 Å². The van der Waals surface area contributed by atoms with Gasteiger partial charge in [-0.15, -0.1) is 0 Å². The van der Waals surface area contributed by atoms with Crippen LogP contribution in [-0.4, -0.2) is 27.8 Å². The van der Waals surface area contributed by atoms with Crippen LogP contribution in [0.1, 0.15) is 40.8 Å². The number of amides is 1. The largest absolute Gasteiger partial charge is 0.507 e. The van der Waals surface area contributed by atoms with Crippen LogP contribution in [0.5, 0.6) is 5.75 Å². The fourth-order valence-electron chi connectivity index (χ4n) is 4.64. The standard InChI is InChI=1S/C28H25NO4/c1-17-8-10-20(11-9-17)25-24(26(30)21-12-13-23-22(15-21)14-18(2)33-23)27(31)28(32)29(25)16-19-6-4-3-5-7-19/h3-13,15,18,25,30H,14,16H2,1-2H3/b26-24+/t18-,25+/m0/s1. The molecule has 5 heteroatoms. The zero-order valence-corrected chi connectivity index (χ0v) is 18.6. The molecule has 2 aliphatic heterocycles. The maximum atomic E-state index is 13.2. The molecule has 1 fully saturated rings. The lowest BCUT2D eigenvalue weighted by Gasteiger charge is -2.25. The number of carbonyl (C=O) groups excluding carboxylic acids is 2. The van der Waals surface area contributed by atoms with E-state index in [9.17, 15) is 14.7 Å². The van der Waals surface area contributed by atoms with Crippen LogP contribution in [0, 0.1) is 6.92 Å². The minimum absolute atomic E-state index is 0.0707. The molecule has 1 amide bonds. The summed E-state index contributed by atoms with van der Waals surface area (Å²) in [5, 5.41) is 11.3. The molecule has 0 radical (unpaired) electrons. The number of fused-ring (bicyclic) bond motifs is 1. The number of hydrogen-bond acceptors (Lipinski definition) is 4. The molecule has 5 rings (SSSR count). The Bertz CT molecular complexity index is 1260. The average Bonchev–Trinajstić information content (AvgIpc) is 3.31. The minimum Gasteiger partial charge on any atom is -0.507 e. The Morgan fingerprint density at radius 2 is 1.76 bits per heavy atom. The minimum atomic E-state index is -0.672. The normalized spacial score (nSPS) is 21.2. The van der Waals surface area contributed by atoms with E-state index in [-0.39, 0.29) is 24.0 Å². The Morgan fingerprint density at radius 1 is 1.03 bits per heavy atom. The van der Waals surface area contributed by atoms with E-state index in [1.54, 1.807) is 11.0 Å². The highest BCUT2D eigenvalue weighted by Gasteiger charge is 2.46. The third-order valence-electron chi connectivity index (χ3n) is 6.30. The molecule has 33 heavy (non-hydrogen) atoms. The number of Topliss-reactive ketones (excluding diaryl/α,β-unsaturated/α-hetero) is 1. The predicted octanol–water partition coefficient (Wildman–Crippen LogP) is 4.94. The topological polar surface area (TPSA) is 66.8 Å². The second kappa shape index (κ2) is 8.24. The monoisotopic (exact) mass is 439 g/mol. The van der Waals surface area contributed by atoms with Crippen LogP contribution in [0.25, 0.3) is 5.76 Å². The van der Waals surface area contributed by atoms with E-state index in [1.807, 2.05) is 80.6 Å². The number of hydrogen-bond donors (Lipinski definition) is 1.